The van der Waals surface area contributed by atoms with Gasteiger partial charge in [0.2, 0.25) is 0 Å². The first-order valence-corrected chi connectivity index (χ1v) is 8.30. The van der Waals surface area contributed by atoms with Crippen LogP contribution in [-0.4, -0.2) is 4.98 Å². The minimum Gasteiger partial charge on any atom is -0.303 e. The SMILES string of the molecule is CCC(NC(C)c1cnc2ccsc2c1)c1ccccc1. The van der Waals surface area contributed by atoms with Crippen molar-refractivity contribution in [2.24, 2.45) is 0 Å². The van der Waals surface area contributed by atoms with Crippen LogP contribution in [0.3, 0.4) is 0 Å². The number of nitrogens with one attached hydrogen (secondary N) is 1. The summed E-state index contributed by atoms with van der Waals surface area (Å²) in [4.78, 5) is 4.54. The van der Waals surface area contributed by atoms with Crippen molar-refractivity contribution < 1.29 is 0 Å². The molecule has 2 unspecified atom stereocenters. The Labute approximate surface area is 129 Å². The summed E-state index contributed by atoms with van der Waals surface area (Å²) >= 11 is 1.75. The first kappa shape index (κ1) is 14.2. The number of hydrogen-bond acceptors (Lipinski definition) is 3. The number of aromatic nitrogens is 1. The van der Waals surface area contributed by atoms with Crippen molar-refractivity contribution in [3.8, 4) is 0 Å². The van der Waals surface area contributed by atoms with Crippen LogP contribution in [0.25, 0.3) is 10.2 Å². The molecule has 0 saturated heterocycles. The molecule has 3 heteroatoms. The molecule has 3 aromatic rings. The fourth-order valence-electron chi connectivity index (χ4n) is 2.63. The predicted molar refractivity (Wildman–Crippen MR) is 90.6 cm³/mol. The highest BCUT2D eigenvalue weighted by Crippen LogP contribution is 2.25. The Hall–Kier alpha value is -1.71. The number of nitrogens with zero attached hydrogens (tertiary/aromatic N) is 1. The predicted octanol–water partition coefficient (Wildman–Crippen LogP) is 5.10. The van der Waals surface area contributed by atoms with Gasteiger partial charge >= 0.3 is 0 Å². The monoisotopic (exact) mass is 296 g/mol. The average Bonchev–Trinajstić information content (AvgIpc) is 3.00. The van der Waals surface area contributed by atoms with Crippen LogP contribution >= 0.6 is 11.3 Å². The van der Waals surface area contributed by atoms with Crippen LogP contribution in [0, 0.1) is 0 Å². The largest absolute Gasteiger partial charge is 0.303 e. The zero-order chi connectivity index (χ0) is 14.7. The minimum atomic E-state index is 0.286. The second-order valence-electron chi connectivity index (χ2n) is 5.33. The third-order valence-electron chi connectivity index (χ3n) is 3.89. The smallest absolute Gasteiger partial charge is 0.0809 e. The summed E-state index contributed by atoms with van der Waals surface area (Å²) in [6.07, 6.45) is 3.06. The van der Waals surface area contributed by atoms with Gasteiger partial charge in [0.1, 0.15) is 0 Å². The molecule has 0 aliphatic carbocycles. The summed E-state index contributed by atoms with van der Waals surface area (Å²) in [5, 5.41) is 5.82. The van der Waals surface area contributed by atoms with E-state index in [1.54, 1.807) is 11.3 Å². The lowest BCUT2D eigenvalue weighted by atomic mass is 10.0. The van der Waals surface area contributed by atoms with E-state index in [1.165, 1.54) is 15.8 Å². The highest BCUT2D eigenvalue weighted by Gasteiger charge is 2.14. The molecule has 0 spiro atoms. The molecular formula is C18H20N2S. The van der Waals surface area contributed by atoms with Gasteiger partial charge in [0, 0.05) is 18.3 Å². The Bertz CT molecular complexity index is 705. The molecule has 108 valence electrons. The van der Waals surface area contributed by atoms with Crippen LogP contribution in [0.4, 0.5) is 0 Å². The third-order valence-corrected chi connectivity index (χ3v) is 4.74. The minimum absolute atomic E-state index is 0.286. The lowest BCUT2D eigenvalue weighted by molar-refractivity contribution is 0.456. The van der Waals surface area contributed by atoms with Crippen LogP contribution in [0.5, 0.6) is 0 Å². The number of benzene rings is 1. The number of hydrogen-bond donors (Lipinski definition) is 1. The van der Waals surface area contributed by atoms with Crippen molar-refractivity contribution in [1.29, 1.82) is 0 Å². The topological polar surface area (TPSA) is 24.9 Å². The third kappa shape index (κ3) is 3.14. The van der Waals surface area contributed by atoms with Crippen LogP contribution in [0.2, 0.25) is 0 Å². The Balaban J connectivity index is 1.79. The van der Waals surface area contributed by atoms with Crippen LogP contribution in [0.1, 0.15) is 43.5 Å². The second-order valence-corrected chi connectivity index (χ2v) is 6.28. The zero-order valence-corrected chi connectivity index (χ0v) is 13.2. The van der Waals surface area contributed by atoms with Crippen molar-refractivity contribution in [3.63, 3.8) is 0 Å². The van der Waals surface area contributed by atoms with Crippen LogP contribution in [0.15, 0.2) is 54.0 Å². The lowest BCUT2D eigenvalue weighted by Gasteiger charge is -2.23. The summed E-state index contributed by atoms with van der Waals surface area (Å²) in [7, 11) is 0. The first-order chi connectivity index (χ1) is 10.3. The van der Waals surface area contributed by atoms with E-state index in [-0.39, 0.29) is 6.04 Å². The van der Waals surface area contributed by atoms with Crippen molar-refractivity contribution in [2.75, 3.05) is 0 Å². The van der Waals surface area contributed by atoms with E-state index < -0.39 is 0 Å². The highest BCUT2D eigenvalue weighted by molar-refractivity contribution is 7.17. The molecule has 1 N–H and O–H groups in total. The van der Waals surface area contributed by atoms with E-state index in [0.717, 1.165) is 11.9 Å². The van der Waals surface area contributed by atoms with Gasteiger partial charge < -0.3 is 5.32 Å². The molecule has 21 heavy (non-hydrogen) atoms. The van der Waals surface area contributed by atoms with Crippen molar-refractivity contribution in [2.45, 2.75) is 32.4 Å². The quantitative estimate of drug-likeness (QED) is 0.708. The highest BCUT2D eigenvalue weighted by atomic mass is 32.1. The van der Waals surface area contributed by atoms with Gasteiger partial charge in [0.05, 0.1) is 10.2 Å². The molecule has 2 heterocycles. The van der Waals surface area contributed by atoms with Gasteiger partial charge in [-0.05, 0) is 42.0 Å². The maximum Gasteiger partial charge on any atom is 0.0809 e. The molecule has 1 aromatic carbocycles. The first-order valence-electron chi connectivity index (χ1n) is 7.42. The fourth-order valence-corrected chi connectivity index (χ4v) is 3.42. The van der Waals surface area contributed by atoms with E-state index in [2.05, 4.69) is 72.0 Å². The van der Waals surface area contributed by atoms with Crippen molar-refractivity contribution >= 4 is 21.6 Å². The van der Waals surface area contributed by atoms with Gasteiger partial charge in [-0.3, -0.25) is 4.98 Å². The van der Waals surface area contributed by atoms with E-state index in [4.69, 9.17) is 0 Å². The molecule has 0 fully saturated rings. The van der Waals surface area contributed by atoms with E-state index >= 15 is 0 Å². The molecule has 0 aliphatic heterocycles. The number of fused-ring (bicyclic) bond motifs is 1. The Morgan fingerprint density at radius 1 is 1.14 bits per heavy atom. The van der Waals surface area contributed by atoms with E-state index in [9.17, 15) is 0 Å². The van der Waals surface area contributed by atoms with Gasteiger partial charge in [0.15, 0.2) is 0 Å². The zero-order valence-electron chi connectivity index (χ0n) is 12.4. The molecule has 0 radical (unpaired) electrons. The molecule has 2 aromatic heterocycles. The van der Waals surface area contributed by atoms with Gasteiger partial charge in [-0.15, -0.1) is 11.3 Å². The van der Waals surface area contributed by atoms with Gasteiger partial charge in [-0.1, -0.05) is 37.3 Å². The lowest BCUT2D eigenvalue weighted by Crippen LogP contribution is -2.24. The normalized spacial score (nSPS) is 14.2. The maximum atomic E-state index is 4.54. The molecule has 2 atom stereocenters. The van der Waals surface area contributed by atoms with Crippen molar-refractivity contribution in [1.82, 2.24) is 10.3 Å². The molecule has 0 saturated carbocycles. The van der Waals surface area contributed by atoms with Crippen LogP contribution < -0.4 is 5.32 Å². The molecule has 3 rings (SSSR count). The molecular weight excluding hydrogens is 276 g/mol. The average molecular weight is 296 g/mol. The van der Waals surface area contributed by atoms with Gasteiger partial charge in [-0.2, -0.15) is 0 Å². The Morgan fingerprint density at radius 2 is 1.95 bits per heavy atom. The number of thiophene rings is 1. The molecule has 0 aliphatic rings. The summed E-state index contributed by atoms with van der Waals surface area (Å²) in [5.41, 5.74) is 3.68. The number of rotatable bonds is 5. The fraction of sp³-hybridized carbons (Fsp3) is 0.278. The molecule has 2 nitrogen and oxygen atoms in total. The summed E-state index contributed by atoms with van der Waals surface area (Å²) in [6, 6.07) is 15.6. The summed E-state index contributed by atoms with van der Waals surface area (Å²) in [5.74, 6) is 0. The second kappa shape index (κ2) is 6.37. The maximum absolute atomic E-state index is 4.54. The number of pyridine rings is 1. The molecule has 0 bridgehead atoms. The van der Waals surface area contributed by atoms with E-state index in [0.29, 0.717) is 6.04 Å². The molecule has 0 amide bonds. The van der Waals surface area contributed by atoms with Crippen molar-refractivity contribution in [3.05, 3.63) is 65.2 Å². The standard InChI is InChI=1S/C18H20N2S/c1-3-16(14-7-5-4-6-8-14)20-13(2)15-11-18-17(19-12-15)9-10-21-18/h4-13,16,20H,3H2,1-2H3. The summed E-state index contributed by atoms with van der Waals surface area (Å²) in [6.45, 7) is 4.43. The van der Waals surface area contributed by atoms with Gasteiger partial charge in [0.25, 0.3) is 0 Å². The Morgan fingerprint density at radius 3 is 2.71 bits per heavy atom. The van der Waals surface area contributed by atoms with E-state index in [1.807, 2.05) is 6.20 Å². The Kier molecular flexibility index (Phi) is 4.32. The van der Waals surface area contributed by atoms with Gasteiger partial charge in [-0.25, -0.2) is 0 Å². The summed E-state index contributed by atoms with van der Waals surface area (Å²) < 4.78 is 1.26. The van der Waals surface area contributed by atoms with Crippen LogP contribution in [-0.2, 0) is 0 Å².